The summed E-state index contributed by atoms with van der Waals surface area (Å²) in [5.74, 6) is -0.890. The Kier molecular flexibility index (Phi) is 5.47. The molecule has 0 aliphatic heterocycles. The minimum atomic E-state index is -1.02. The number of alkyl halides is 1. The van der Waals surface area contributed by atoms with Gasteiger partial charge in [-0.1, -0.05) is 18.2 Å². The Morgan fingerprint density at radius 2 is 2.00 bits per heavy atom. The minimum Gasteiger partial charge on any atom is -0.384 e. The van der Waals surface area contributed by atoms with Crippen LogP contribution in [0.4, 0.5) is 8.78 Å². The van der Waals surface area contributed by atoms with E-state index in [1.807, 2.05) is 0 Å². The maximum absolute atomic E-state index is 13.6. The molecule has 1 fully saturated rings. The van der Waals surface area contributed by atoms with Crippen LogP contribution in [-0.2, 0) is 11.3 Å². The predicted octanol–water partition coefficient (Wildman–Crippen LogP) is 2.85. The predicted molar refractivity (Wildman–Crippen MR) is 85.4 cm³/mol. The lowest BCUT2D eigenvalue weighted by Crippen LogP contribution is -2.50. The number of halogens is 2. The van der Waals surface area contributed by atoms with Gasteiger partial charge >= 0.3 is 0 Å². The lowest BCUT2D eigenvalue weighted by Gasteiger charge is -2.31. The van der Waals surface area contributed by atoms with Crippen molar-refractivity contribution in [2.24, 2.45) is 0 Å². The molecule has 124 valence electrons. The van der Waals surface area contributed by atoms with Gasteiger partial charge in [0.2, 0.25) is 0 Å². The number of carbonyl (C=O) groups is 1. The Morgan fingerprint density at radius 1 is 1.30 bits per heavy atom. The van der Waals surface area contributed by atoms with Crippen LogP contribution >= 0.6 is 0 Å². The summed E-state index contributed by atoms with van der Waals surface area (Å²) in [5.41, 5.74) is 1.36. The first-order chi connectivity index (χ1) is 10.9. The summed E-state index contributed by atoms with van der Waals surface area (Å²) >= 11 is 0. The SMILES string of the molecule is C/C(NCc1ccccc1F)=C(\C)C(=N)C(=O)N[C@H]1CC[C@@H]1F. The molecule has 0 bridgehead atoms. The summed E-state index contributed by atoms with van der Waals surface area (Å²) in [7, 11) is 0. The zero-order chi connectivity index (χ0) is 17.0. The number of allylic oxidation sites excluding steroid dienone is 1. The molecular formula is C17H21F2N3O. The van der Waals surface area contributed by atoms with Gasteiger partial charge in [-0.25, -0.2) is 8.78 Å². The van der Waals surface area contributed by atoms with E-state index < -0.39 is 18.1 Å². The van der Waals surface area contributed by atoms with Crippen molar-refractivity contribution in [3.8, 4) is 0 Å². The van der Waals surface area contributed by atoms with Crippen molar-refractivity contribution in [1.29, 1.82) is 5.41 Å². The van der Waals surface area contributed by atoms with Crippen LogP contribution in [0, 0.1) is 11.2 Å². The molecule has 3 N–H and O–H groups in total. The second-order valence-electron chi connectivity index (χ2n) is 5.74. The van der Waals surface area contributed by atoms with Crippen molar-refractivity contribution in [1.82, 2.24) is 10.6 Å². The molecule has 0 radical (unpaired) electrons. The van der Waals surface area contributed by atoms with Gasteiger partial charge in [0.25, 0.3) is 5.91 Å². The van der Waals surface area contributed by atoms with Gasteiger partial charge in [0.1, 0.15) is 17.7 Å². The quantitative estimate of drug-likeness (QED) is 0.705. The van der Waals surface area contributed by atoms with Gasteiger partial charge in [0.05, 0.1) is 6.04 Å². The Morgan fingerprint density at radius 3 is 2.57 bits per heavy atom. The van der Waals surface area contributed by atoms with Gasteiger partial charge in [-0.05, 0) is 38.3 Å². The molecule has 4 nitrogen and oxygen atoms in total. The van der Waals surface area contributed by atoms with Gasteiger partial charge in [-0.2, -0.15) is 0 Å². The first-order valence-corrected chi connectivity index (χ1v) is 7.58. The minimum absolute atomic E-state index is 0.206. The van der Waals surface area contributed by atoms with Crippen molar-refractivity contribution in [2.45, 2.75) is 45.4 Å². The highest BCUT2D eigenvalue weighted by Crippen LogP contribution is 2.23. The average Bonchev–Trinajstić information content (AvgIpc) is 2.55. The van der Waals surface area contributed by atoms with Crippen molar-refractivity contribution >= 4 is 11.6 Å². The van der Waals surface area contributed by atoms with E-state index in [9.17, 15) is 13.6 Å². The topological polar surface area (TPSA) is 65.0 Å². The number of amides is 1. The van der Waals surface area contributed by atoms with Crippen LogP contribution in [0.1, 0.15) is 32.3 Å². The highest BCUT2D eigenvalue weighted by atomic mass is 19.1. The number of benzene rings is 1. The molecule has 0 saturated heterocycles. The number of hydrogen-bond acceptors (Lipinski definition) is 3. The van der Waals surface area contributed by atoms with Gasteiger partial charge in [0, 0.05) is 17.8 Å². The van der Waals surface area contributed by atoms with Crippen LogP contribution in [0.5, 0.6) is 0 Å². The van der Waals surface area contributed by atoms with E-state index in [1.54, 1.807) is 32.0 Å². The molecule has 1 amide bonds. The van der Waals surface area contributed by atoms with Crippen LogP contribution in [0.3, 0.4) is 0 Å². The summed E-state index contributed by atoms with van der Waals surface area (Å²) in [6.07, 6.45) is 0.0420. The Bertz CT molecular complexity index is 642. The fraction of sp³-hybridized carbons (Fsp3) is 0.412. The van der Waals surface area contributed by atoms with E-state index in [0.29, 0.717) is 29.7 Å². The third kappa shape index (κ3) is 4.15. The highest BCUT2D eigenvalue weighted by molar-refractivity contribution is 6.44. The third-order valence-corrected chi connectivity index (χ3v) is 4.17. The first kappa shape index (κ1) is 17.1. The van der Waals surface area contributed by atoms with Gasteiger partial charge < -0.3 is 10.6 Å². The van der Waals surface area contributed by atoms with E-state index in [1.165, 1.54) is 6.07 Å². The Hall–Kier alpha value is -2.24. The van der Waals surface area contributed by atoms with E-state index in [4.69, 9.17) is 5.41 Å². The number of hydrogen-bond donors (Lipinski definition) is 3. The Labute approximate surface area is 134 Å². The molecular weight excluding hydrogens is 300 g/mol. The number of nitrogens with one attached hydrogen (secondary N) is 3. The molecule has 23 heavy (non-hydrogen) atoms. The molecule has 1 aliphatic carbocycles. The first-order valence-electron chi connectivity index (χ1n) is 7.58. The maximum Gasteiger partial charge on any atom is 0.269 e. The molecule has 1 aromatic rings. The Balaban J connectivity index is 1.94. The summed E-state index contributed by atoms with van der Waals surface area (Å²) in [6.45, 7) is 3.62. The normalized spacial score (nSPS) is 21.0. The highest BCUT2D eigenvalue weighted by Gasteiger charge is 2.32. The third-order valence-electron chi connectivity index (χ3n) is 4.17. The van der Waals surface area contributed by atoms with E-state index in [0.717, 1.165) is 0 Å². The molecule has 1 saturated carbocycles. The summed E-state index contributed by atoms with van der Waals surface area (Å²) in [4.78, 5) is 11.9. The van der Waals surface area contributed by atoms with Crippen LogP contribution in [0.25, 0.3) is 0 Å². The molecule has 6 heteroatoms. The fourth-order valence-electron chi connectivity index (χ4n) is 2.22. The zero-order valence-electron chi connectivity index (χ0n) is 13.2. The molecule has 1 aliphatic rings. The molecule has 1 aromatic carbocycles. The molecule has 0 unspecified atom stereocenters. The molecule has 2 atom stereocenters. The van der Waals surface area contributed by atoms with E-state index in [2.05, 4.69) is 10.6 Å². The monoisotopic (exact) mass is 321 g/mol. The van der Waals surface area contributed by atoms with Crippen molar-refractivity contribution in [2.75, 3.05) is 0 Å². The van der Waals surface area contributed by atoms with Crippen LogP contribution < -0.4 is 10.6 Å². The summed E-state index contributed by atoms with van der Waals surface area (Å²) in [6, 6.07) is 5.92. The van der Waals surface area contributed by atoms with Crippen LogP contribution in [0.2, 0.25) is 0 Å². The smallest absolute Gasteiger partial charge is 0.269 e. The van der Waals surface area contributed by atoms with Gasteiger partial charge in [-0.3, -0.25) is 10.2 Å². The van der Waals surface area contributed by atoms with Gasteiger partial charge in [0.15, 0.2) is 0 Å². The number of rotatable bonds is 6. The lowest BCUT2D eigenvalue weighted by molar-refractivity contribution is -0.116. The van der Waals surface area contributed by atoms with Crippen LogP contribution in [0.15, 0.2) is 35.5 Å². The van der Waals surface area contributed by atoms with Crippen molar-refractivity contribution < 1.29 is 13.6 Å². The zero-order valence-corrected chi connectivity index (χ0v) is 13.2. The van der Waals surface area contributed by atoms with Crippen LogP contribution in [-0.4, -0.2) is 23.8 Å². The van der Waals surface area contributed by atoms with Gasteiger partial charge in [-0.15, -0.1) is 0 Å². The standard InChI is InChI=1S/C17H21F2N3O/c1-10(16(20)17(23)22-15-8-7-14(15)19)11(2)21-9-12-5-3-4-6-13(12)18/h3-6,14-15,20-21H,7-9H2,1-2H3,(H,22,23)/b11-10-,20-16?/t14-,15-/m0/s1. The summed E-state index contributed by atoms with van der Waals surface area (Å²) in [5, 5.41) is 13.4. The number of carbonyl (C=O) groups excluding carboxylic acids is 1. The molecule has 2 rings (SSSR count). The summed E-state index contributed by atoms with van der Waals surface area (Å²) < 4.78 is 26.7. The molecule has 0 heterocycles. The van der Waals surface area contributed by atoms with Crippen molar-refractivity contribution in [3.05, 3.63) is 46.9 Å². The molecule has 0 aromatic heterocycles. The van der Waals surface area contributed by atoms with E-state index >= 15 is 0 Å². The average molecular weight is 321 g/mol. The maximum atomic E-state index is 13.6. The lowest BCUT2D eigenvalue weighted by atomic mass is 9.90. The second kappa shape index (κ2) is 7.35. The largest absolute Gasteiger partial charge is 0.384 e. The fourth-order valence-corrected chi connectivity index (χ4v) is 2.22. The van der Waals surface area contributed by atoms with E-state index in [-0.39, 0.29) is 18.1 Å². The molecule has 0 spiro atoms. The second-order valence-corrected chi connectivity index (χ2v) is 5.74. The van der Waals surface area contributed by atoms with Crippen molar-refractivity contribution in [3.63, 3.8) is 0 Å².